The molecule has 0 spiro atoms. The summed E-state index contributed by atoms with van der Waals surface area (Å²) in [5, 5.41) is 3.93. The highest BCUT2D eigenvalue weighted by Gasteiger charge is 2.15. The van der Waals surface area contributed by atoms with Gasteiger partial charge in [0.25, 0.3) is 0 Å². The van der Waals surface area contributed by atoms with Crippen molar-refractivity contribution < 1.29 is 0 Å². The Morgan fingerprint density at radius 3 is 2.39 bits per heavy atom. The second-order valence-electron chi connectivity index (χ2n) is 7.65. The topological polar surface area (TPSA) is 11.4 Å². The Labute approximate surface area is 172 Å². The minimum Gasteiger partial charge on any atom is -0.317 e. The fourth-order valence-corrected chi connectivity index (χ4v) is 4.17. The van der Waals surface area contributed by atoms with E-state index in [0.717, 1.165) is 32.7 Å². The van der Waals surface area contributed by atoms with Crippen molar-refractivity contribution in [1.29, 1.82) is 0 Å². The van der Waals surface area contributed by atoms with Crippen molar-refractivity contribution in [2.45, 2.75) is 6.54 Å². The van der Waals surface area contributed by atoms with E-state index in [0.29, 0.717) is 0 Å². The molecule has 0 aliphatic carbocycles. The first kappa shape index (κ1) is 19.0. The summed E-state index contributed by atoms with van der Waals surface area (Å²) in [6, 6.07) is 24.3. The summed E-state index contributed by atoms with van der Waals surface area (Å²) in [4.78, 5) is 4.98. The van der Waals surface area contributed by atoms with Gasteiger partial charge in [-0.2, -0.15) is 0 Å². The second kappa shape index (κ2) is 7.96. The molecule has 2 heterocycles. The number of rotatable bonds is 3. The van der Waals surface area contributed by atoms with Crippen LogP contribution < -0.4 is 0 Å². The molecule has 144 valence electrons. The Morgan fingerprint density at radius 1 is 0.786 bits per heavy atom. The minimum atomic E-state index is 0. The summed E-state index contributed by atoms with van der Waals surface area (Å²) < 4.78 is 2.31. The van der Waals surface area contributed by atoms with Gasteiger partial charge in [-0.1, -0.05) is 42.5 Å². The van der Waals surface area contributed by atoms with Gasteiger partial charge in [-0.25, -0.2) is 0 Å². The zero-order chi connectivity index (χ0) is 18.2. The SMILES string of the molecule is CN1CCN(Cc2cccc3c2ccn3-c2ccc3ccccc3c2)CC1.Cl. The van der Waals surface area contributed by atoms with Gasteiger partial charge >= 0.3 is 0 Å². The van der Waals surface area contributed by atoms with Crippen LogP contribution in [0.25, 0.3) is 27.4 Å². The van der Waals surface area contributed by atoms with Crippen LogP contribution in [-0.4, -0.2) is 47.6 Å². The molecule has 0 N–H and O–H groups in total. The van der Waals surface area contributed by atoms with E-state index in [-0.39, 0.29) is 12.4 Å². The number of fused-ring (bicyclic) bond motifs is 2. The molecule has 1 aliphatic rings. The lowest BCUT2D eigenvalue weighted by atomic mass is 10.1. The Balaban J connectivity index is 0.00000192. The molecule has 5 rings (SSSR count). The summed E-state index contributed by atoms with van der Waals surface area (Å²) in [5.41, 5.74) is 3.94. The Morgan fingerprint density at radius 2 is 1.57 bits per heavy atom. The number of hydrogen-bond acceptors (Lipinski definition) is 2. The number of benzene rings is 3. The maximum absolute atomic E-state index is 2.57. The molecule has 1 fully saturated rings. The lowest BCUT2D eigenvalue weighted by Gasteiger charge is -2.32. The highest BCUT2D eigenvalue weighted by Crippen LogP contribution is 2.26. The first-order chi connectivity index (χ1) is 13.3. The first-order valence-corrected chi connectivity index (χ1v) is 9.77. The predicted octanol–water partition coefficient (Wildman–Crippen LogP) is 4.95. The van der Waals surface area contributed by atoms with Crippen molar-refractivity contribution in [3.05, 3.63) is 78.5 Å². The Hall–Kier alpha value is -2.33. The van der Waals surface area contributed by atoms with Gasteiger partial charge in [-0.05, 0) is 47.6 Å². The zero-order valence-electron chi connectivity index (χ0n) is 16.2. The van der Waals surface area contributed by atoms with E-state index in [1.54, 1.807) is 0 Å². The van der Waals surface area contributed by atoms with E-state index in [1.807, 2.05) is 0 Å². The molecule has 0 amide bonds. The van der Waals surface area contributed by atoms with Gasteiger partial charge in [0.15, 0.2) is 0 Å². The summed E-state index contributed by atoms with van der Waals surface area (Å²) in [6.07, 6.45) is 2.21. The largest absolute Gasteiger partial charge is 0.317 e. The third-order valence-corrected chi connectivity index (χ3v) is 5.82. The lowest BCUT2D eigenvalue weighted by molar-refractivity contribution is 0.148. The number of nitrogens with zero attached hydrogens (tertiary/aromatic N) is 3. The van der Waals surface area contributed by atoms with Crippen LogP contribution in [0.4, 0.5) is 0 Å². The van der Waals surface area contributed by atoms with E-state index >= 15 is 0 Å². The monoisotopic (exact) mass is 391 g/mol. The van der Waals surface area contributed by atoms with Crippen molar-refractivity contribution in [3.8, 4) is 5.69 Å². The van der Waals surface area contributed by atoms with Crippen molar-refractivity contribution >= 4 is 34.1 Å². The van der Waals surface area contributed by atoms with Gasteiger partial charge in [0.05, 0.1) is 5.52 Å². The first-order valence-electron chi connectivity index (χ1n) is 9.77. The fraction of sp³-hybridized carbons (Fsp3) is 0.250. The van der Waals surface area contributed by atoms with Gasteiger partial charge in [0.1, 0.15) is 0 Å². The van der Waals surface area contributed by atoms with E-state index < -0.39 is 0 Å². The summed E-state index contributed by atoms with van der Waals surface area (Å²) in [5.74, 6) is 0. The maximum atomic E-state index is 2.57. The molecule has 3 nitrogen and oxygen atoms in total. The molecule has 1 aliphatic heterocycles. The van der Waals surface area contributed by atoms with Gasteiger partial charge < -0.3 is 9.47 Å². The third kappa shape index (κ3) is 3.53. The van der Waals surface area contributed by atoms with Crippen LogP contribution in [0, 0.1) is 0 Å². The van der Waals surface area contributed by atoms with Gasteiger partial charge in [0.2, 0.25) is 0 Å². The predicted molar refractivity (Wildman–Crippen MR) is 121 cm³/mol. The molecule has 4 aromatic rings. The second-order valence-corrected chi connectivity index (χ2v) is 7.65. The minimum absolute atomic E-state index is 0. The van der Waals surface area contributed by atoms with Crippen LogP contribution in [0.5, 0.6) is 0 Å². The van der Waals surface area contributed by atoms with Crippen LogP contribution in [0.15, 0.2) is 72.9 Å². The molecule has 3 aromatic carbocycles. The van der Waals surface area contributed by atoms with Crippen LogP contribution in [0.3, 0.4) is 0 Å². The van der Waals surface area contributed by atoms with Gasteiger partial charge in [-0.3, -0.25) is 4.90 Å². The summed E-state index contributed by atoms with van der Waals surface area (Å²) in [7, 11) is 2.21. The van der Waals surface area contributed by atoms with Crippen LogP contribution in [0.2, 0.25) is 0 Å². The summed E-state index contributed by atoms with van der Waals surface area (Å²) in [6.45, 7) is 5.66. The normalized spacial score (nSPS) is 15.8. The molecule has 28 heavy (non-hydrogen) atoms. The number of hydrogen-bond donors (Lipinski definition) is 0. The zero-order valence-corrected chi connectivity index (χ0v) is 17.0. The number of halogens is 1. The van der Waals surface area contributed by atoms with E-state index in [4.69, 9.17) is 0 Å². The Kier molecular flexibility index (Phi) is 5.40. The molecule has 0 unspecified atom stereocenters. The lowest BCUT2D eigenvalue weighted by Crippen LogP contribution is -2.43. The standard InChI is InChI=1S/C24H25N3.ClH/c1-25-13-15-26(16-14-25)18-21-7-4-8-24-23(21)11-12-27(24)22-10-9-19-5-2-3-6-20(19)17-22;/h2-12,17H,13-16,18H2,1H3;1H. The van der Waals surface area contributed by atoms with Crippen LogP contribution >= 0.6 is 12.4 Å². The Bertz CT molecular complexity index is 1090. The highest BCUT2D eigenvalue weighted by molar-refractivity contribution is 5.88. The van der Waals surface area contributed by atoms with E-state index in [9.17, 15) is 0 Å². The third-order valence-electron chi connectivity index (χ3n) is 5.82. The molecule has 0 atom stereocenters. The summed E-state index contributed by atoms with van der Waals surface area (Å²) >= 11 is 0. The molecule has 0 radical (unpaired) electrons. The van der Waals surface area contributed by atoms with Gasteiger partial charge in [-0.15, -0.1) is 12.4 Å². The quantitative estimate of drug-likeness (QED) is 0.489. The van der Waals surface area contributed by atoms with E-state index in [1.165, 1.54) is 32.9 Å². The van der Waals surface area contributed by atoms with Crippen LogP contribution in [0.1, 0.15) is 5.56 Å². The van der Waals surface area contributed by atoms with Crippen molar-refractivity contribution in [3.63, 3.8) is 0 Å². The van der Waals surface area contributed by atoms with E-state index in [2.05, 4.69) is 94.3 Å². The number of piperazine rings is 1. The van der Waals surface area contributed by atoms with Gasteiger partial charge in [0, 0.05) is 50.0 Å². The number of likely N-dealkylation sites (N-methyl/N-ethyl adjacent to an activating group) is 1. The fourth-order valence-electron chi connectivity index (χ4n) is 4.17. The highest BCUT2D eigenvalue weighted by atomic mass is 35.5. The maximum Gasteiger partial charge on any atom is 0.0531 e. The average Bonchev–Trinajstić information content (AvgIpc) is 3.14. The van der Waals surface area contributed by atoms with Crippen molar-refractivity contribution in [1.82, 2.24) is 14.4 Å². The molecule has 0 bridgehead atoms. The molecular weight excluding hydrogens is 366 g/mol. The van der Waals surface area contributed by atoms with Crippen molar-refractivity contribution in [2.75, 3.05) is 33.2 Å². The molecular formula is C24H26ClN3. The number of aromatic nitrogens is 1. The molecule has 1 saturated heterocycles. The molecule has 0 saturated carbocycles. The van der Waals surface area contributed by atoms with Crippen LogP contribution in [-0.2, 0) is 6.54 Å². The molecule has 4 heteroatoms. The average molecular weight is 392 g/mol. The smallest absolute Gasteiger partial charge is 0.0531 e. The van der Waals surface area contributed by atoms with Crippen molar-refractivity contribution in [2.24, 2.45) is 0 Å². The molecule has 1 aromatic heterocycles.